The summed E-state index contributed by atoms with van der Waals surface area (Å²) in [4.78, 5) is 2.85. The number of nitrogens with zero attached hydrogens (tertiary/aromatic N) is 2. The van der Waals surface area contributed by atoms with Crippen molar-refractivity contribution in [3.05, 3.63) is 185 Å². The minimum Gasteiger partial charge on any atom is -0.375 e. The molecule has 0 amide bonds. The Labute approximate surface area is 480 Å². The Kier molecular flexibility index (Phi) is 8.90. The van der Waals surface area contributed by atoms with Crippen LogP contribution in [0.3, 0.4) is 0 Å². The van der Waals surface area contributed by atoms with Crippen molar-refractivity contribution in [2.75, 3.05) is 4.90 Å². The van der Waals surface area contributed by atoms with Gasteiger partial charge in [-0.3, -0.25) is 0 Å². The normalized spacial score (nSPS) is 28.3. The van der Waals surface area contributed by atoms with Crippen LogP contribution >= 0.6 is 0 Å². The lowest BCUT2D eigenvalue weighted by atomic mass is 9.44. The van der Waals surface area contributed by atoms with Gasteiger partial charge in [0.2, 0.25) is 0 Å². The Balaban J connectivity index is 0.977. The molecule has 81 heavy (non-hydrogen) atoms. The van der Waals surface area contributed by atoms with Crippen molar-refractivity contribution in [2.45, 2.75) is 153 Å². The maximum atomic E-state index is 2.96. The highest BCUT2D eigenvalue weighted by molar-refractivity contribution is 6.90. The molecule has 10 aliphatic carbocycles. The second kappa shape index (κ2) is 15.3. The number of rotatable bonds is 4. The molecule has 8 saturated carbocycles. The van der Waals surface area contributed by atoms with Gasteiger partial charge in [0.05, 0.1) is 5.69 Å². The molecule has 1 aromatic heterocycles. The molecule has 8 aromatic carbocycles. The van der Waals surface area contributed by atoms with E-state index in [1.165, 1.54) is 199 Å². The first-order valence-corrected chi connectivity index (χ1v) is 31.9. The van der Waals surface area contributed by atoms with Gasteiger partial charge in [-0.1, -0.05) is 146 Å². The minimum absolute atomic E-state index is 0.0333. The number of fused-ring (bicyclic) bond motifs is 14. The molecule has 0 radical (unpaired) electrons. The maximum absolute atomic E-state index is 2.96. The summed E-state index contributed by atoms with van der Waals surface area (Å²) in [5.74, 6) is 5.32. The summed E-state index contributed by atoms with van der Waals surface area (Å²) in [6, 6.07) is 59.8. The molecule has 0 unspecified atom stereocenters. The Morgan fingerprint density at radius 2 is 1.02 bits per heavy atom. The topological polar surface area (TPSA) is 8.17 Å². The molecule has 2 aliphatic heterocycles. The fraction of sp³-hybridized carbons (Fsp3) is 0.385. The molecular weight excluding hydrogens is 976 g/mol. The van der Waals surface area contributed by atoms with Crippen molar-refractivity contribution >= 4 is 56.6 Å². The first-order valence-electron chi connectivity index (χ1n) is 31.9. The third kappa shape index (κ3) is 6.02. The Morgan fingerprint density at radius 1 is 0.444 bits per heavy atom. The molecule has 0 spiro atoms. The van der Waals surface area contributed by atoms with E-state index < -0.39 is 0 Å². The number of anilines is 3. The van der Waals surface area contributed by atoms with Crippen LogP contribution in [0.2, 0.25) is 0 Å². The van der Waals surface area contributed by atoms with Gasteiger partial charge < -0.3 is 9.38 Å². The smallest absolute Gasteiger partial charge is 0.333 e. The molecule has 9 aromatic rings. The number of hydrogen-bond donors (Lipinski definition) is 0. The molecule has 8 fully saturated rings. The van der Waals surface area contributed by atoms with Crippen molar-refractivity contribution in [1.82, 2.24) is 4.48 Å². The minimum atomic E-state index is -0.275. The van der Waals surface area contributed by atoms with E-state index in [0.29, 0.717) is 5.41 Å². The Morgan fingerprint density at radius 3 is 1.67 bits per heavy atom. The van der Waals surface area contributed by atoms with E-state index in [9.17, 15) is 0 Å². The third-order valence-corrected chi connectivity index (χ3v) is 24.6. The summed E-state index contributed by atoms with van der Waals surface area (Å²) < 4.78 is 2.96. The largest absolute Gasteiger partial charge is 0.375 e. The quantitative estimate of drug-likeness (QED) is 0.160. The third-order valence-electron chi connectivity index (χ3n) is 24.6. The van der Waals surface area contributed by atoms with Crippen LogP contribution in [0.25, 0.3) is 66.3 Å². The van der Waals surface area contributed by atoms with Crippen LogP contribution in [0, 0.1) is 35.5 Å². The van der Waals surface area contributed by atoms with Crippen LogP contribution in [0.5, 0.6) is 0 Å². The van der Waals surface area contributed by atoms with Crippen LogP contribution in [0.1, 0.15) is 164 Å². The van der Waals surface area contributed by atoms with E-state index in [-0.39, 0.29) is 28.5 Å². The van der Waals surface area contributed by atoms with E-state index in [0.717, 1.165) is 35.5 Å². The number of aromatic nitrogens is 1. The van der Waals surface area contributed by atoms with Crippen LogP contribution in [-0.2, 0) is 27.1 Å². The summed E-state index contributed by atoms with van der Waals surface area (Å²) in [6.45, 7) is 17.2. The van der Waals surface area contributed by atoms with Gasteiger partial charge in [-0.15, -0.1) is 0 Å². The molecule has 0 atom stereocenters. The lowest BCUT2D eigenvalue weighted by Crippen LogP contribution is -2.57. The number of benzene rings is 8. The van der Waals surface area contributed by atoms with Crippen molar-refractivity contribution in [2.24, 2.45) is 35.5 Å². The molecule has 2 nitrogen and oxygen atoms in total. The van der Waals surface area contributed by atoms with Gasteiger partial charge in [-0.05, 0) is 261 Å². The van der Waals surface area contributed by atoms with E-state index in [4.69, 9.17) is 0 Å². The zero-order valence-corrected chi connectivity index (χ0v) is 48.8. The van der Waals surface area contributed by atoms with Gasteiger partial charge in [-0.2, -0.15) is 0 Å². The summed E-state index contributed by atoms with van der Waals surface area (Å²) in [5, 5.41) is 3.04. The van der Waals surface area contributed by atoms with Gasteiger partial charge in [0.1, 0.15) is 0 Å². The van der Waals surface area contributed by atoms with Gasteiger partial charge in [0, 0.05) is 55.1 Å². The van der Waals surface area contributed by atoms with E-state index >= 15 is 0 Å². The fourth-order valence-electron chi connectivity index (χ4n) is 21.9. The summed E-state index contributed by atoms with van der Waals surface area (Å²) in [7, 11) is 0. The predicted molar refractivity (Wildman–Crippen MR) is 339 cm³/mol. The maximum Gasteiger partial charge on any atom is 0.333 e. The predicted octanol–water partition coefficient (Wildman–Crippen LogP) is 18.7. The first kappa shape index (κ1) is 47.0. The SMILES string of the molecule is CC(C)(C)c1ccc(N2c3cc4c(cc3B3c5c(cc6c(c52)C(C)(C)c2ccccc2-6)-c2cc(C56CC7CC(CC(C7)C5)C6)cc5c6cc(C78CC9CC(CC(C9)C7)C8)ccc6n3c25)C(C)(C)c2ccccc2-4)c(-c2ccccc2)c1. The van der Waals surface area contributed by atoms with Crippen molar-refractivity contribution in [3.8, 4) is 44.5 Å². The zero-order chi connectivity index (χ0) is 54.0. The molecule has 3 heterocycles. The van der Waals surface area contributed by atoms with Crippen molar-refractivity contribution < 1.29 is 0 Å². The van der Waals surface area contributed by atoms with Crippen molar-refractivity contribution in [3.63, 3.8) is 0 Å². The highest BCUT2D eigenvalue weighted by Gasteiger charge is 2.56. The molecule has 0 saturated heterocycles. The Bertz CT molecular complexity index is 4230. The second-order valence-corrected chi connectivity index (χ2v) is 30.9. The van der Waals surface area contributed by atoms with Crippen LogP contribution in [0.4, 0.5) is 17.1 Å². The standard InChI is InChI=1S/C78H75BN2/c1-74(2,3)51-21-23-67(56(31-51)50-15-9-8-10-16-50)80-69-36-57-54-17-11-13-19-63(54)75(4,5)65(57)37-66(69)79-71-60(35-59-55-18-12-14-20-64(55)76(6,7)70(59)73(71)80)62-34-53(78-41-47-28-48(42-78)30-49(29-47)43-78)33-61-58-32-52(22-24-68(58)81(79)72(61)62)77-38-44-25-45(39-77)27-46(26-44)40-77/h8-24,31-37,44-49H,25-30,38-43H2,1-7H3. The average molecular weight is 1050 g/mol. The lowest BCUT2D eigenvalue weighted by molar-refractivity contribution is -0.00527. The zero-order valence-electron chi connectivity index (χ0n) is 48.8. The van der Waals surface area contributed by atoms with Crippen LogP contribution in [0.15, 0.2) is 146 Å². The molecule has 0 N–H and O–H groups in total. The summed E-state index contributed by atoms with van der Waals surface area (Å²) in [6.07, 6.45) is 17.1. The Hall–Kier alpha value is -6.58. The average Bonchev–Trinajstić information content (AvgIpc) is 2.36. The van der Waals surface area contributed by atoms with Gasteiger partial charge in [0.15, 0.2) is 0 Å². The highest BCUT2D eigenvalue weighted by atomic mass is 15.2. The molecular formula is C78H75BN2. The monoisotopic (exact) mass is 1050 g/mol. The fourth-order valence-corrected chi connectivity index (χ4v) is 21.9. The summed E-state index contributed by atoms with van der Waals surface area (Å²) in [5.41, 5.74) is 31.4. The second-order valence-electron chi connectivity index (χ2n) is 30.9. The molecule has 12 aliphatic rings. The van der Waals surface area contributed by atoms with Crippen LogP contribution in [-0.4, -0.2) is 11.3 Å². The van der Waals surface area contributed by atoms with E-state index in [1.807, 2.05) is 0 Å². The van der Waals surface area contributed by atoms with Gasteiger partial charge in [0.25, 0.3) is 0 Å². The van der Waals surface area contributed by atoms with E-state index in [2.05, 4.69) is 203 Å². The first-order chi connectivity index (χ1) is 39.1. The summed E-state index contributed by atoms with van der Waals surface area (Å²) >= 11 is 0. The molecule has 8 bridgehead atoms. The van der Waals surface area contributed by atoms with Crippen molar-refractivity contribution in [1.29, 1.82) is 0 Å². The van der Waals surface area contributed by atoms with Gasteiger partial charge in [-0.25, -0.2) is 0 Å². The lowest BCUT2D eigenvalue weighted by Gasteiger charge is -2.57. The van der Waals surface area contributed by atoms with Gasteiger partial charge >= 0.3 is 6.85 Å². The highest BCUT2D eigenvalue weighted by Crippen LogP contribution is 2.65. The van der Waals surface area contributed by atoms with Crippen LogP contribution < -0.4 is 15.8 Å². The molecule has 21 rings (SSSR count). The molecule has 3 heteroatoms. The molecule has 400 valence electrons. The van der Waals surface area contributed by atoms with E-state index in [1.54, 1.807) is 11.1 Å². The number of hydrogen-bond acceptors (Lipinski definition) is 1.